The SMILES string of the molecule is O=C(Nc1ccc(-c2ccc(F)cn2)cc1)c1cc2sc(N3CCNCC3)nc2s1. The number of nitrogens with one attached hydrogen (secondary N) is 2. The van der Waals surface area contributed by atoms with Gasteiger partial charge in [-0.2, -0.15) is 0 Å². The van der Waals surface area contributed by atoms with E-state index < -0.39 is 0 Å². The van der Waals surface area contributed by atoms with Gasteiger partial charge in [-0.25, -0.2) is 9.37 Å². The first kappa shape index (κ1) is 19.1. The molecule has 1 aliphatic rings. The number of thiophene rings is 1. The fourth-order valence-corrected chi connectivity index (χ4v) is 5.45. The number of pyridine rings is 1. The molecule has 6 nitrogen and oxygen atoms in total. The summed E-state index contributed by atoms with van der Waals surface area (Å²) >= 11 is 3.04. The summed E-state index contributed by atoms with van der Waals surface area (Å²) < 4.78 is 14.1. The van der Waals surface area contributed by atoms with E-state index in [0.717, 1.165) is 46.4 Å². The molecule has 1 aliphatic heterocycles. The Morgan fingerprint density at radius 2 is 1.90 bits per heavy atom. The summed E-state index contributed by atoms with van der Waals surface area (Å²) in [4.78, 5) is 25.3. The molecule has 0 saturated carbocycles. The van der Waals surface area contributed by atoms with E-state index in [-0.39, 0.29) is 11.7 Å². The van der Waals surface area contributed by atoms with Crippen molar-refractivity contribution in [3.05, 3.63) is 59.4 Å². The standard InChI is InChI=1S/C21H18FN5OS2/c22-14-3-6-16(24-12-14)13-1-4-15(5-2-13)25-19(28)17-11-18-20(29-17)26-21(30-18)27-9-7-23-8-10-27/h1-6,11-12,23H,7-10H2,(H,25,28). The van der Waals surface area contributed by atoms with Gasteiger partial charge in [0.15, 0.2) is 5.13 Å². The molecule has 0 aliphatic carbocycles. The second kappa shape index (κ2) is 8.10. The molecule has 2 N–H and O–H groups in total. The van der Waals surface area contributed by atoms with Crippen molar-refractivity contribution in [3.8, 4) is 11.3 Å². The Hall–Kier alpha value is -2.88. The zero-order valence-electron chi connectivity index (χ0n) is 15.9. The normalized spacial score (nSPS) is 14.2. The van der Waals surface area contributed by atoms with E-state index in [0.29, 0.717) is 16.3 Å². The lowest BCUT2D eigenvalue weighted by atomic mass is 10.1. The average molecular weight is 440 g/mol. The minimum Gasteiger partial charge on any atom is -0.345 e. The topological polar surface area (TPSA) is 70.2 Å². The van der Waals surface area contributed by atoms with E-state index in [4.69, 9.17) is 4.98 Å². The molecule has 5 rings (SSSR count). The van der Waals surface area contributed by atoms with Crippen molar-refractivity contribution in [1.29, 1.82) is 0 Å². The number of hydrogen-bond acceptors (Lipinski definition) is 7. The van der Waals surface area contributed by atoms with Gasteiger partial charge in [-0.05, 0) is 30.3 Å². The number of aromatic nitrogens is 2. The molecule has 0 bridgehead atoms. The number of anilines is 2. The highest BCUT2D eigenvalue weighted by Crippen LogP contribution is 2.35. The van der Waals surface area contributed by atoms with Gasteiger partial charge in [0.25, 0.3) is 5.91 Å². The van der Waals surface area contributed by atoms with Gasteiger partial charge in [0.2, 0.25) is 0 Å². The van der Waals surface area contributed by atoms with Crippen molar-refractivity contribution < 1.29 is 9.18 Å². The zero-order chi connectivity index (χ0) is 20.5. The number of benzene rings is 1. The monoisotopic (exact) mass is 439 g/mol. The fraction of sp³-hybridized carbons (Fsp3) is 0.190. The molecule has 4 aromatic rings. The number of thiazole rings is 1. The van der Waals surface area contributed by atoms with Crippen molar-refractivity contribution in [2.45, 2.75) is 0 Å². The van der Waals surface area contributed by atoms with Crippen LogP contribution in [0.4, 0.5) is 15.2 Å². The Labute approximate surface area is 180 Å². The molecule has 1 saturated heterocycles. The Bertz CT molecular complexity index is 1150. The van der Waals surface area contributed by atoms with Crippen LogP contribution in [0.15, 0.2) is 48.7 Å². The molecular formula is C21H18FN5OS2. The smallest absolute Gasteiger partial charge is 0.265 e. The second-order valence-corrected chi connectivity index (χ2v) is 8.95. The van der Waals surface area contributed by atoms with Crippen molar-refractivity contribution in [2.75, 3.05) is 36.4 Å². The van der Waals surface area contributed by atoms with E-state index in [1.165, 1.54) is 23.6 Å². The minimum atomic E-state index is -0.368. The molecule has 1 amide bonds. The molecule has 9 heteroatoms. The number of hydrogen-bond donors (Lipinski definition) is 2. The van der Waals surface area contributed by atoms with Crippen LogP contribution in [0.25, 0.3) is 20.8 Å². The number of piperazine rings is 1. The average Bonchev–Trinajstić information content (AvgIpc) is 3.35. The Balaban J connectivity index is 1.28. The highest BCUT2D eigenvalue weighted by molar-refractivity contribution is 7.29. The molecule has 152 valence electrons. The van der Waals surface area contributed by atoms with Crippen molar-refractivity contribution in [3.63, 3.8) is 0 Å². The lowest BCUT2D eigenvalue weighted by Crippen LogP contribution is -2.43. The maximum absolute atomic E-state index is 13.0. The summed E-state index contributed by atoms with van der Waals surface area (Å²) in [5.74, 6) is -0.519. The third-order valence-corrected chi connectivity index (χ3v) is 7.08. The van der Waals surface area contributed by atoms with Gasteiger partial charge in [-0.3, -0.25) is 9.78 Å². The van der Waals surface area contributed by atoms with E-state index in [9.17, 15) is 9.18 Å². The first-order valence-corrected chi connectivity index (χ1v) is 11.2. The lowest BCUT2D eigenvalue weighted by Gasteiger charge is -2.26. The van der Waals surface area contributed by atoms with Gasteiger partial charge in [-0.1, -0.05) is 23.5 Å². The van der Waals surface area contributed by atoms with Crippen LogP contribution in [0, 0.1) is 5.82 Å². The summed E-state index contributed by atoms with van der Waals surface area (Å²) in [6.07, 6.45) is 1.19. The van der Waals surface area contributed by atoms with Crippen LogP contribution in [0.5, 0.6) is 0 Å². The van der Waals surface area contributed by atoms with Crippen LogP contribution >= 0.6 is 22.7 Å². The molecule has 30 heavy (non-hydrogen) atoms. The van der Waals surface area contributed by atoms with Crippen molar-refractivity contribution in [1.82, 2.24) is 15.3 Å². The van der Waals surface area contributed by atoms with Crippen molar-refractivity contribution in [2.24, 2.45) is 0 Å². The zero-order valence-corrected chi connectivity index (χ0v) is 17.5. The maximum atomic E-state index is 13.0. The summed E-state index contributed by atoms with van der Waals surface area (Å²) in [7, 11) is 0. The molecule has 0 unspecified atom stereocenters. The summed E-state index contributed by atoms with van der Waals surface area (Å²) in [5, 5.41) is 7.29. The Kier molecular flexibility index (Phi) is 5.16. The second-order valence-electron chi connectivity index (χ2n) is 6.91. The van der Waals surface area contributed by atoms with E-state index in [1.54, 1.807) is 17.4 Å². The third-order valence-electron chi connectivity index (χ3n) is 4.86. The van der Waals surface area contributed by atoms with Gasteiger partial charge < -0.3 is 15.5 Å². The number of fused-ring (bicyclic) bond motifs is 1. The van der Waals surface area contributed by atoms with Crippen LogP contribution in [0.3, 0.4) is 0 Å². The Morgan fingerprint density at radius 1 is 1.10 bits per heavy atom. The number of carbonyl (C=O) groups is 1. The van der Waals surface area contributed by atoms with Gasteiger partial charge in [0.1, 0.15) is 10.6 Å². The van der Waals surface area contributed by atoms with Crippen LogP contribution in [0.1, 0.15) is 9.67 Å². The molecule has 0 atom stereocenters. The first-order chi connectivity index (χ1) is 14.7. The predicted octanol–water partition coefficient (Wildman–Crippen LogP) is 4.22. The molecule has 3 aromatic heterocycles. The highest BCUT2D eigenvalue weighted by atomic mass is 32.1. The number of amides is 1. The van der Waals surface area contributed by atoms with Gasteiger partial charge in [-0.15, -0.1) is 11.3 Å². The number of nitrogens with zero attached hydrogens (tertiary/aromatic N) is 3. The molecule has 1 aromatic carbocycles. The number of halogens is 1. The largest absolute Gasteiger partial charge is 0.345 e. The molecular weight excluding hydrogens is 421 g/mol. The minimum absolute atomic E-state index is 0.151. The summed E-state index contributed by atoms with van der Waals surface area (Å²) in [6, 6.07) is 12.2. The summed E-state index contributed by atoms with van der Waals surface area (Å²) in [5.41, 5.74) is 2.23. The lowest BCUT2D eigenvalue weighted by molar-refractivity contribution is 0.103. The van der Waals surface area contributed by atoms with Gasteiger partial charge in [0, 0.05) is 37.4 Å². The van der Waals surface area contributed by atoms with Crippen molar-refractivity contribution >= 4 is 48.9 Å². The first-order valence-electron chi connectivity index (χ1n) is 9.55. The van der Waals surface area contributed by atoms with E-state index in [1.807, 2.05) is 30.3 Å². The van der Waals surface area contributed by atoms with Crippen LogP contribution in [-0.2, 0) is 0 Å². The van der Waals surface area contributed by atoms with E-state index in [2.05, 4.69) is 20.5 Å². The fourth-order valence-electron chi connectivity index (χ4n) is 3.29. The molecule has 4 heterocycles. The highest BCUT2D eigenvalue weighted by Gasteiger charge is 2.18. The van der Waals surface area contributed by atoms with Crippen LogP contribution in [-0.4, -0.2) is 42.1 Å². The summed E-state index contributed by atoms with van der Waals surface area (Å²) in [6.45, 7) is 3.85. The molecule has 1 fully saturated rings. The van der Waals surface area contributed by atoms with Gasteiger partial charge >= 0.3 is 0 Å². The molecule has 0 spiro atoms. The number of carbonyl (C=O) groups excluding carboxylic acids is 1. The van der Waals surface area contributed by atoms with Crippen LogP contribution in [0.2, 0.25) is 0 Å². The van der Waals surface area contributed by atoms with E-state index >= 15 is 0 Å². The molecule has 0 radical (unpaired) electrons. The Morgan fingerprint density at radius 3 is 2.60 bits per heavy atom. The third kappa shape index (κ3) is 3.91. The predicted molar refractivity (Wildman–Crippen MR) is 120 cm³/mol. The van der Waals surface area contributed by atoms with Gasteiger partial charge in [0.05, 0.1) is 21.5 Å². The van der Waals surface area contributed by atoms with Crippen LogP contribution < -0.4 is 15.5 Å². The number of rotatable bonds is 4. The maximum Gasteiger partial charge on any atom is 0.265 e. The quantitative estimate of drug-likeness (QED) is 0.498.